The molecule has 0 unspecified atom stereocenters. The number of carboxylic acid groups (broad SMARTS) is 1. The fraction of sp³-hybridized carbons (Fsp3) is 0.400. The van der Waals surface area contributed by atoms with Gasteiger partial charge in [-0.2, -0.15) is 16.4 Å². The van der Waals surface area contributed by atoms with E-state index in [0.29, 0.717) is 25.2 Å². The van der Waals surface area contributed by atoms with E-state index in [1.165, 1.54) is 5.56 Å². The Morgan fingerprint density at radius 2 is 2.05 bits per heavy atom. The van der Waals surface area contributed by atoms with Gasteiger partial charge in [0.05, 0.1) is 5.69 Å². The minimum atomic E-state index is -0.957. The molecule has 2 heterocycles. The van der Waals surface area contributed by atoms with Gasteiger partial charge in [-0.3, -0.25) is 0 Å². The Hall–Kier alpha value is -1.95. The van der Waals surface area contributed by atoms with Crippen molar-refractivity contribution >= 4 is 23.1 Å². The highest BCUT2D eigenvalue weighted by Gasteiger charge is 2.20. The summed E-state index contributed by atoms with van der Waals surface area (Å²) < 4.78 is 0. The number of carboxylic acids is 1. The predicted octanol–water partition coefficient (Wildman–Crippen LogP) is 3.28. The number of anilines is 1. The van der Waals surface area contributed by atoms with Crippen molar-refractivity contribution in [2.75, 3.05) is 5.32 Å². The lowest BCUT2D eigenvalue weighted by molar-refractivity contribution is 0.0696. The molecule has 6 heteroatoms. The molecule has 0 bridgehead atoms. The third-order valence-electron chi connectivity index (χ3n) is 3.47. The molecule has 21 heavy (non-hydrogen) atoms. The molecule has 0 aliphatic heterocycles. The van der Waals surface area contributed by atoms with E-state index in [1.807, 2.05) is 20.8 Å². The van der Waals surface area contributed by atoms with Crippen molar-refractivity contribution in [2.45, 2.75) is 40.2 Å². The second kappa shape index (κ2) is 6.67. The number of rotatable bonds is 6. The first-order valence-electron chi connectivity index (χ1n) is 6.95. The molecule has 0 atom stereocenters. The SMILES string of the molecule is CCc1nnc(NCc2cscc2C)c(C(=O)O)c1CC. The van der Waals surface area contributed by atoms with Crippen molar-refractivity contribution in [1.82, 2.24) is 10.2 Å². The number of carbonyl (C=O) groups is 1. The van der Waals surface area contributed by atoms with E-state index < -0.39 is 5.97 Å². The molecular formula is C15H19N3O2S. The number of aromatic carboxylic acids is 1. The lowest BCUT2D eigenvalue weighted by atomic mass is 10.0. The monoisotopic (exact) mass is 305 g/mol. The molecule has 2 rings (SSSR count). The molecular weight excluding hydrogens is 286 g/mol. The molecule has 5 nitrogen and oxygen atoms in total. The average molecular weight is 305 g/mol. The standard InChI is InChI=1S/C15H19N3O2S/c1-4-11-12(5-2)17-18-14(13(11)15(19)20)16-6-10-8-21-7-9(10)3/h7-8H,4-6H2,1-3H3,(H,16,18)(H,19,20). The average Bonchev–Trinajstić information content (AvgIpc) is 2.88. The number of nitrogens with one attached hydrogen (secondary N) is 1. The zero-order chi connectivity index (χ0) is 15.4. The quantitative estimate of drug-likeness (QED) is 0.856. The lowest BCUT2D eigenvalue weighted by Crippen LogP contribution is -2.15. The molecule has 0 aromatic carbocycles. The molecule has 0 saturated carbocycles. The van der Waals surface area contributed by atoms with Crippen LogP contribution in [0, 0.1) is 6.92 Å². The molecule has 2 aromatic rings. The summed E-state index contributed by atoms with van der Waals surface area (Å²) in [5.74, 6) is -0.608. The Morgan fingerprint density at radius 1 is 1.29 bits per heavy atom. The van der Waals surface area contributed by atoms with Crippen LogP contribution in [0.5, 0.6) is 0 Å². The number of aryl methyl sites for hydroxylation is 2. The van der Waals surface area contributed by atoms with Crippen LogP contribution in [0.15, 0.2) is 10.8 Å². The van der Waals surface area contributed by atoms with Gasteiger partial charge in [0.15, 0.2) is 5.82 Å². The molecule has 0 aliphatic rings. The predicted molar refractivity (Wildman–Crippen MR) is 84.1 cm³/mol. The first-order valence-corrected chi connectivity index (χ1v) is 7.89. The second-order valence-corrected chi connectivity index (χ2v) is 5.54. The van der Waals surface area contributed by atoms with Gasteiger partial charge in [0, 0.05) is 6.54 Å². The zero-order valence-corrected chi connectivity index (χ0v) is 13.3. The van der Waals surface area contributed by atoms with Crippen LogP contribution in [0.1, 0.15) is 46.6 Å². The summed E-state index contributed by atoms with van der Waals surface area (Å²) in [4.78, 5) is 11.6. The van der Waals surface area contributed by atoms with Crippen LogP contribution >= 0.6 is 11.3 Å². The molecule has 0 amide bonds. The highest BCUT2D eigenvalue weighted by Crippen LogP contribution is 2.22. The van der Waals surface area contributed by atoms with Crippen molar-refractivity contribution in [3.8, 4) is 0 Å². The van der Waals surface area contributed by atoms with E-state index >= 15 is 0 Å². The summed E-state index contributed by atoms with van der Waals surface area (Å²) in [6.07, 6.45) is 1.31. The van der Waals surface area contributed by atoms with E-state index in [1.54, 1.807) is 11.3 Å². The van der Waals surface area contributed by atoms with Gasteiger partial charge < -0.3 is 10.4 Å². The van der Waals surface area contributed by atoms with Crippen LogP contribution in [0.2, 0.25) is 0 Å². The molecule has 2 aromatic heterocycles. The Bertz CT molecular complexity index is 652. The van der Waals surface area contributed by atoms with E-state index in [0.717, 1.165) is 16.8 Å². The lowest BCUT2D eigenvalue weighted by Gasteiger charge is -2.13. The zero-order valence-electron chi connectivity index (χ0n) is 12.4. The molecule has 0 spiro atoms. The molecule has 0 aliphatic carbocycles. The summed E-state index contributed by atoms with van der Waals surface area (Å²) in [5.41, 5.74) is 4.11. The van der Waals surface area contributed by atoms with E-state index in [9.17, 15) is 9.90 Å². The van der Waals surface area contributed by atoms with Crippen LogP contribution in [-0.2, 0) is 19.4 Å². The fourth-order valence-corrected chi connectivity index (χ4v) is 3.13. The smallest absolute Gasteiger partial charge is 0.339 e. The molecule has 112 valence electrons. The summed E-state index contributed by atoms with van der Waals surface area (Å²) >= 11 is 1.63. The summed E-state index contributed by atoms with van der Waals surface area (Å²) in [7, 11) is 0. The second-order valence-electron chi connectivity index (χ2n) is 4.79. The minimum Gasteiger partial charge on any atom is -0.478 e. The topological polar surface area (TPSA) is 75.1 Å². The van der Waals surface area contributed by atoms with Crippen molar-refractivity contribution in [1.29, 1.82) is 0 Å². The maximum absolute atomic E-state index is 11.6. The van der Waals surface area contributed by atoms with Gasteiger partial charge in [-0.1, -0.05) is 13.8 Å². The van der Waals surface area contributed by atoms with Crippen LogP contribution in [-0.4, -0.2) is 21.3 Å². The fourth-order valence-electron chi connectivity index (χ4n) is 2.27. The number of hydrogen-bond donors (Lipinski definition) is 2. The van der Waals surface area contributed by atoms with Gasteiger partial charge in [0.2, 0.25) is 0 Å². The van der Waals surface area contributed by atoms with Crippen LogP contribution in [0.25, 0.3) is 0 Å². The number of nitrogens with zero attached hydrogens (tertiary/aromatic N) is 2. The normalized spacial score (nSPS) is 10.6. The Morgan fingerprint density at radius 3 is 2.57 bits per heavy atom. The van der Waals surface area contributed by atoms with Crippen molar-refractivity contribution < 1.29 is 9.90 Å². The molecule has 2 N–H and O–H groups in total. The third-order valence-corrected chi connectivity index (χ3v) is 4.38. The van der Waals surface area contributed by atoms with Gasteiger partial charge in [-0.15, -0.1) is 5.10 Å². The first-order chi connectivity index (χ1) is 10.1. The van der Waals surface area contributed by atoms with E-state index in [2.05, 4.69) is 26.3 Å². The number of aromatic nitrogens is 2. The van der Waals surface area contributed by atoms with Crippen molar-refractivity contribution in [2.24, 2.45) is 0 Å². The third kappa shape index (κ3) is 3.21. The highest BCUT2D eigenvalue weighted by atomic mass is 32.1. The van der Waals surface area contributed by atoms with Crippen molar-refractivity contribution in [3.05, 3.63) is 38.7 Å². The summed E-state index contributed by atoms with van der Waals surface area (Å²) in [6, 6.07) is 0. The van der Waals surface area contributed by atoms with Gasteiger partial charge in [0.25, 0.3) is 0 Å². The van der Waals surface area contributed by atoms with Crippen LogP contribution in [0.3, 0.4) is 0 Å². The number of thiophene rings is 1. The highest BCUT2D eigenvalue weighted by molar-refractivity contribution is 7.08. The van der Waals surface area contributed by atoms with Crippen LogP contribution in [0.4, 0.5) is 5.82 Å². The Balaban J connectivity index is 2.34. The van der Waals surface area contributed by atoms with Gasteiger partial charge in [0.1, 0.15) is 5.56 Å². The van der Waals surface area contributed by atoms with Gasteiger partial charge >= 0.3 is 5.97 Å². The van der Waals surface area contributed by atoms with Gasteiger partial charge in [-0.25, -0.2) is 4.79 Å². The maximum Gasteiger partial charge on any atom is 0.339 e. The van der Waals surface area contributed by atoms with Crippen molar-refractivity contribution in [3.63, 3.8) is 0 Å². The van der Waals surface area contributed by atoms with E-state index in [-0.39, 0.29) is 5.56 Å². The molecule has 0 saturated heterocycles. The van der Waals surface area contributed by atoms with Gasteiger partial charge in [-0.05, 0) is 47.2 Å². The van der Waals surface area contributed by atoms with E-state index in [4.69, 9.17) is 0 Å². The Labute approximate surface area is 128 Å². The largest absolute Gasteiger partial charge is 0.478 e. The Kier molecular flexibility index (Phi) is 4.90. The first kappa shape index (κ1) is 15.4. The number of hydrogen-bond acceptors (Lipinski definition) is 5. The maximum atomic E-state index is 11.6. The summed E-state index contributed by atoms with van der Waals surface area (Å²) in [5, 5.41) is 25.0. The summed E-state index contributed by atoms with van der Waals surface area (Å²) in [6.45, 7) is 6.49. The van der Waals surface area contributed by atoms with Crippen LogP contribution < -0.4 is 5.32 Å². The minimum absolute atomic E-state index is 0.247. The molecule has 0 radical (unpaired) electrons. The molecule has 0 fully saturated rings.